The first-order chi connectivity index (χ1) is 11.1. The van der Waals surface area contributed by atoms with Crippen molar-refractivity contribution in [2.75, 3.05) is 32.7 Å². The first-order valence-electron chi connectivity index (χ1n) is 8.58. The molecule has 2 saturated heterocycles. The maximum Gasteiger partial charge on any atom is 0.317 e. The van der Waals surface area contributed by atoms with Crippen molar-refractivity contribution in [3.63, 3.8) is 0 Å². The molecule has 0 spiro atoms. The average Bonchev–Trinajstić information content (AvgIpc) is 3.17. The van der Waals surface area contributed by atoms with Crippen LogP contribution in [0.15, 0.2) is 16.8 Å². The SMILES string of the molecule is C[C@@H]1CN(CCNC(=O)N2CCC[C@H]2c2ccsc2)C[C@H](C)O1. The first-order valence-corrected chi connectivity index (χ1v) is 9.52. The molecule has 0 aromatic carbocycles. The maximum absolute atomic E-state index is 12.5. The molecule has 3 heterocycles. The van der Waals surface area contributed by atoms with E-state index in [0.717, 1.165) is 39.0 Å². The van der Waals surface area contributed by atoms with Gasteiger partial charge in [0.2, 0.25) is 0 Å². The van der Waals surface area contributed by atoms with Gasteiger partial charge in [0.1, 0.15) is 0 Å². The number of nitrogens with one attached hydrogen (secondary N) is 1. The van der Waals surface area contributed by atoms with Crippen LogP contribution in [0.4, 0.5) is 4.79 Å². The van der Waals surface area contributed by atoms with Gasteiger partial charge in [-0.2, -0.15) is 11.3 Å². The minimum Gasteiger partial charge on any atom is -0.373 e. The Morgan fingerprint density at radius 3 is 2.87 bits per heavy atom. The predicted octanol–water partition coefficient (Wildman–Crippen LogP) is 2.70. The zero-order chi connectivity index (χ0) is 16.2. The van der Waals surface area contributed by atoms with Crippen molar-refractivity contribution >= 4 is 17.4 Å². The number of likely N-dealkylation sites (tertiary alicyclic amines) is 1. The lowest BCUT2D eigenvalue weighted by molar-refractivity contribution is -0.0672. The van der Waals surface area contributed by atoms with E-state index in [4.69, 9.17) is 4.74 Å². The van der Waals surface area contributed by atoms with Crippen LogP contribution in [0.1, 0.15) is 38.3 Å². The second-order valence-corrected chi connectivity index (χ2v) is 7.44. The van der Waals surface area contributed by atoms with Crippen LogP contribution in [-0.2, 0) is 4.74 Å². The lowest BCUT2D eigenvalue weighted by Gasteiger charge is -2.35. The van der Waals surface area contributed by atoms with E-state index in [1.54, 1.807) is 11.3 Å². The molecule has 0 saturated carbocycles. The average molecular weight is 337 g/mol. The van der Waals surface area contributed by atoms with E-state index in [0.29, 0.717) is 6.54 Å². The Morgan fingerprint density at radius 2 is 2.17 bits per heavy atom. The van der Waals surface area contributed by atoms with Gasteiger partial charge in [-0.15, -0.1) is 0 Å². The molecule has 1 N–H and O–H groups in total. The van der Waals surface area contributed by atoms with Gasteiger partial charge in [0.25, 0.3) is 0 Å². The number of hydrogen-bond acceptors (Lipinski definition) is 4. The van der Waals surface area contributed by atoms with E-state index in [1.807, 2.05) is 4.90 Å². The summed E-state index contributed by atoms with van der Waals surface area (Å²) in [6.45, 7) is 8.56. The molecular weight excluding hydrogens is 310 g/mol. The topological polar surface area (TPSA) is 44.8 Å². The van der Waals surface area contributed by atoms with Gasteiger partial charge >= 0.3 is 6.03 Å². The van der Waals surface area contributed by atoms with Gasteiger partial charge in [-0.05, 0) is 49.1 Å². The second-order valence-electron chi connectivity index (χ2n) is 6.66. The van der Waals surface area contributed by atoms with Crippen LogP contribution < -0.4 is 5.32 Å². The number of amides is 2. The molecule has 2 amide bonds. The Bertz CT molecular complexity index is 498. The molecule has 0 aliphatic carbocycles. The fourth-order valence-electron chi connectivity index (χ4n) is 3.71. The first kappa shape index (κ1) is 16.7. The number of ether oxygens (including phenoxy) is 1. The van der Waals surface area contributed by atoms with E-state index in [9.17, 15) is 4.79 Å². The highest BCUT2D eigenvalue weighted by Gasteiger charge is 2.30. The molecule has 1 aromatic rings. The Labute approximate surface area is 142 Å². The standard InChI is InChI=1S/C17H27N3O2S/c1-13-10-19(11-14(2)22-13)8-6-18-17(21)20-7-3-4-16(20)15-5-9-23-12-15/h5,9,12-14,16H,3-4,6-8,10-11H2,1-2H3,(H,18,21)/t13-,14+,16-/m0/s1. The minimum atomic E-state index is 0.0769. The Kier molecular flexibility index (Phi) is 5.56. The minimum absolute atomic E-state index is 0.0769. The number of urea groups is 1. The van der Waals surface area contributed by atoms with Gasteiger partial charge in [0.15, 0.2) is 0 Å². The summed E-state index contributed by atoms with van der Waals surface area (Å²) in [6, 6.07) is 2.47. The molecule has 6 heteroatoms. The fourth-order valence-corrected chi connectivity index (χ4v) is 4.42. The summed E-state index contributed by atoms with van der Waals surface area (Å²) in [4.78, 5) is 16.9. The molecule has 2 aliphatic heterocycles. The Hall–Kier alpha value is -1.11. The summed E-state index contributed by atoms with van der Waals surface area (Å²) in [5.41, 5.74) is 1.28. The summed E-state index contributed by atoms with van der Waals surface area (Å²) in [7, 11) is 0. The smallest absolute Gasteiger partial charge is 0.317 e. The third-order valence-corrected chi connectivity index (χ3v) is 5.34. The van der Waals surface area contributed by atoms with Gasteiger partial charge in [-0.25, -0.2) is 4.79 Å². The molecule has 0 radical (unpaired) electrons. The third kappa shape index (κ3) is 4.25. The molecular formula is C17H27N3O2S. The van der Waals surface area contributed by atoms with Crippen LogP contribution in [-0.4, -0.2) is 60.8 Å². The van der Waals surface area contributed by atoms with Crippen molar-refractivity contribution in [2.45, 2.75) is 44.9 Å². The molecule has 23 heavy (non-hydrogen) atoms. The molecule has 3 rings (SSSR count). The monoisotopic (exact) mass is 337 g/mol. The molecule has 1 aromatic heterocycles. The van der Waals surface area contributed by atoms with Crippen molar-refractivity contribution in [1.29, 1.82) is 0 Å². The lowest BCUT2D eigenvalue weighted by Crippen LogP contribution is -2.49. The Balaban J connectivity index is 1.46. The number of carbonyl (C=O) groups excluding carboxylic acids is 1. The van der Waals surface area contributed by atoms with E-state index >= 15 is 0 Å². The van der Waals surface area contributed by atoms with Crippen molar-refractivity contribution < 1.29 is 9.53 Å². The number of thiophene rings is 1. The van der Waals surface area contributed by atoms with Crippen molar-refractivity contribution in [3.8, 4) is 0 Å². The maximum atomic E-state index is 12.5. The number of carbonyl (C=O) groups is 1. The van der Waals surface area contributed by atoms with Crippen LogP contribution in [0.2, 0.25) is 0 Å². The van der Waals surface area contributed by atoms with Gasteiger partial charge in [0, 0.05) is 32.7 Å². The van der Waals surface area contributed by atoms with Crippen molar-refractivity contribution in [3.05, 3.63) is 22.4 Å². The number of rotatable bonds is 4. The van der Waals surface area contributed by atoms with E-state index in [2.05, 4.69) is 40.9 Å². The zero-order valence-electron chi connectivity index (χ0n) is 14.0. The van der Waals surface area contributed by atoms with E-state index in [-0.39, 0.29) is 24.3 Å². The fraction of sp³-hybridized carbons (Fsp3) is 0.706. The van der Waals surface area contributed by atoms with Gasteiger partial charge < -0.3 is 15.0 Å². The normalized spacial score (nSPS) is 29.0. The highest BCUT2D eigenvalue weighted by Crippen LogP contribution is 2.32. The quantitative estimate of drug-likeness (QED) is 0.919. The highest BCUT2D eigenvalue weighted by atomic mass is 32.1. The van der Waals surface area contributed by atoms with Crippen LogP contribution in [0.3, 0.4) is 0 Å². The largest absolute Gasteiger partial charge is 0.373 e. The van der Waals surface area contributed by atoms with Crippen LogP contribution in [0.25, 0.3) is 0 Å². The van der Waals surface area contributed by atoms with Crippen molar-refractivity contribution in [2.24, 2.45) is 0 Å². The lowest BCUT2D eigenvalue weighted by atomic mass is 10.1. The summed E-state index contributed by atoms with van der Waals surface area (Å²) in [6.07, 6.45) is 2.71. The summed E-state index contributed by atoms with van der Waals surface area (Å²) in [5.74, 6) is 0. The number of nitrogens with zero attached hydrogens (tertiary/aromatic N) is 2. The van der Waals surface area contributed by atoms with Crippen LogP contribution in [0.5, 0.6) is 0 Å². The van der Waals surface area contributed by atoms with Crippen LogP contribution >= 0.6 is 11.3 Å². The molecule has 0 bridgehead atoms. The second kappa shape index (κ2) is 7.64. The van der Waals surface area contributed by atoms with Crippen LogP contribution in [0, 0.1) is 0 Å². The van der Waals surface area contributed by atoms with Gasteiger partial charge in [-0.3, -0.25) is 4.90 Å². The highest BCUT2D eigenvalue weighted by molar-refractivity contribution is 7.07. The summed E-state index contributed by atoms with van der Waals surface area (Å²) in [5, 5.41) is 7.35. The molecule has 3 atom stereocenters. The van der Waals surface area contributed by atoms with Crippen molar-refractivity contribution in [1.82, 2.24) is 15.1 Å². The predicted molar refractivity (Wildman–Crippen MR) is 92.8 cm³/mol. The van der Waals surface area contributed by atoms with Gasteiger partial charge in [-0.1, -0.05) is 0 Å². The molecule has 2 aliphatic rings. The molecule has 128 valence electrons. The molecule has 2 fully saturated rings. The Morgan fingerprint density at radius 1 is 1.39 bits per heavy atom. The number of hydrogen-bond donors (Lipinski definition) is 1. The third-order valence-electron chi connectivity index (χ3n) is 4.64. The molecule has 0 unspecified atom stereocenters. The summed E-state index contributed by atoms with van der Waals surface area (Å²) >= 11 is 1.70. The van der Waals surface area contributed by atoms with E-state index in [1.165, 1.54) is 5.56 Å². The zero-order valence-corrected chi connectivity index (χ0v) is 14.8. The van der Waals surface area contributed by atoms with Gasteiger partial charge in [0.05, 0.1) is 18.2 Å². The summed E-state index contributed by atoms with van der Waals surface area (Å²) < 4.78 is 5.74. The number of morpholine rings is 1. The van der Waals surface area contributed by atoms with E-state index < -0.39 is 0 Å². The molecule has 5 nitrogen and oxygen atoms in total.